The first-order valence-corrected chi connectivity index (χ1v) is 12.7. The number of fused-ring (bicyclic) bond motifs is 1. The lowest BCUT2D eigenvalue weighted by Gasteiger charge is -2.28. The third kappa shape index (κ3) is 6.30. The minimum absolute atomic E-state index is 0.0290. The fourth-order valence-corrected chi connectivity index (χ4v) is 4.73. The number of aromatic amines is 1. The van der Waals surface area contributed by atoms with Gasteiger partial charge in [-0.2, -0.15) is 0 Å². The van der Waals surface area contributed by atoms with Crippen LogP contribution in [0.1, 0.15) is 35.2 Å². The molecule has 1 heterocycles. The summed E-state index contributed by atoms with van der Waals surface area (Å²) >= 11 is 5.88. The van der Waals surface area contributed by atoms with Crippen LogP contribution in [0.25, 0.3) is 10.9 Å². The zero-order chi connectivity index (χ0) is 26.4. The third-order valence-electron chi connectivity index (χ3n) is 6.63. The van der Waals surface area contributed by atoms with Gasteiger partial charge >= 0.3 is 0 Å². The van der Waals surface area contributed by atoms with E-state index in [9.17, 15) is 4.79 Å². The molecule has 0 saturated heterocycles. The molecule has 0 bridgehead atoms. The van der Waals surface area contributed by atoms with Gasteiger partial charge in [-0.05, 0) is 61.3 Å². The molecule has 192 valence electrons. The topological polar surface area (TPSA) is 66.6 Å². The van der Waals surface area contributed by atoms with Crippen molar-refractivity contribution < 1.29 is 9.47 Å². The Morgan fingerprint density at radius 1 is 0.973 bits per heavy atom. The lowest BCUT2D eigenvalue weighted by molar-refractivity contribution is 0.355. The van der Waals surface area contributed by atoms with Crippen LogP contribution in [0, 0.1) is 6.92 Å². The zero-order valence-electron chi connectivity index (χ0n) is 21.7. The van der Waals surface area contributed by atoms with E-state index in [1.165, 1.54) is 11.1 Å². The van der Waals surface area contributed by atoms with Crippen molar-refractivity contribution in [3.05, 3.63) is 105 Å². The van der Waals surface area contributed by atoms with Crippen LogP contribution >= 0.6 is 12.2 Å². The highest BCUT2D eigenvalue weighted by molar-refractivity contribution is 7.80. The third-order valence-corrected chi connectivity index (χ3v) is 7.00. The van der Waals surface area contributed by atoms with E-state index >= 15 is 0 Å². The minimum atomic E-state index is -0.153. The molecule has 0 amide bonds. The van der Waals surface area contributed by atoms with Gasteiger partial charge in [-0.1, -0.05) is 54.6 Å². The standard InChI is InChI=1S/C30H33N3O3S/c1-20-10-8-9-11-22(20)14-15-33(30(37)31-21(2)23-12-6-5-7-13-23)19-25-16-24-17-27(35-3)28(36-4)18-26(24)32-29(25)34/h5-13,16-18,21H,14-15,19H2,1-4H3,(H,31,37)(H,32,34). The molecule has 1 unspecified atom stereocenters. The second-order valence-electron chi connectivity index (χ2n) is 9.10. The molecule has 7 heteroatoms. The fraction of sp³-hybridized carbons (Fsp3) is 0.267. The van der Waals surface area contributed by atoms with E-state index in [0.29, 0.717) is 40.8 Å². The van der Waals surface area contributed by atoms with Crippen molar-refractivity contribution in [1.29, 1.82) is 0 Å². The number of hydrogen-bond donors (Lipinski definition) is 2. The van der Waals surface area contributed by atoms with Crippen LogP contribution in [-0.2, 0) is 13.0 Å². The highest BCUT2D eigenvalue weighted by atomic mass is 32.1. The average Bonchev–Trinajstić information content (AvgIpc) is 2.91. The van der Waals surface area contributed by atoms with E-state index in [4.69, 9.17) is 21.7 Å². The van der Waals surface area contributed by atoms with Crippen LogP contribution in [0.15, 0.2) is 77.6 Å². The van der Waals surface area contributed by atoms with Crippen molar-refractivity contribution in [3.63, 3.8) is 0 Å². The first-order chi connectivity index (χ1) is 17.9. The summed E-state index contributed by atoms with van der Waals surface area (Å²) < 4.78 is 10.8. The SMILES string of the molecule is COc1cc2cc(CN(CCc3ccccc3C)C(=S)NC(C)c3ccccc3)c(=O)[nH]c2cc1OC. The smallest absolute Gasteiger partial charge is 0.253 e. The maximum Gasteiger partial charge on any atom is 0.253 e. The molecule has 1 aromatic heterocycles. The molecule has 4 rings (SSSR count). The van der Waals surface area contributed by atoms with Crippen molar-refractivity contribution in [2.75, 3.05) is 20.8 Å². The Kier molecular flexibility index (Phi) is 8.46. The normalized spacial score (nSPS) is 11.7. The predicted octanol–water partition coefficient (Wildman–Crippen LogP) is 5.53. The van der Waals surface area contributed by atoms with E-state index in [1.54, 1.807) is 20.3 Å². The number of H-pyrrole nitrogens is 1. The zero-order valence-corrected chi connectivity index (χ0v) is 22.5. The summed E-state index contributed by atoms with van der Waals surface area (Å²) in [7, 11) is 3.18. The van der Waals surface area contributed by atoms with E-state index < -0.39 is 0 Å². The summed E-state index contributed by atoms with van der Waals surface area (Å²) in [5, 5.41) is 4.94. The Morgan fingerprint density at radius 3 is 2.35 bits per heavy atom. The number of pyridine rings is 1. The minimum Gasteiger partial charge on any atom is -0.493 e. The predicted molar refractivity (Wildman–Crippen MR) is 154 cm³/mol. The molecule has 6 nitrogen and oxygen atoms in total. The van der Waals surface area contributed by atoms with Gasteiger partial charge < -0.3 is 24.7 Å². The number of aryl methyl sites for hydroxylation is 1. The van der Waals surface area contributed by atoms with Gasteiger partial charge in [-0.15, -0.1) is 0 Å². The van der Waals surface area contributed by atoms with Gasteiger partial charge in [0.05, 0.1) is 32.3 Å². The van der Waals surface area contributed by atoms with E-state index in [-0.39, 0.29) is 11.6 Å². The number of thiocarbonyl (C=S) groups is 1. The summed E-state index contributed by atoms with van der Waals surface area (Å²) in [6.07, 6.45) is 0.810. The van der Waals surface area contributed by atoms with Crippen molar-refractivity contribution in [2.24, 2.45) is 0 Å². The van der Waals surface area contributed by atoms with E-state index in [0.717, 1.165) is 17.4 Å². The van der Waals surface area contributed by atoms with Crippen LogP contribution < -0.4 is 20.3 Å². The van der Waals surface area contributed by atoms with Gasteiger partial charge in [0, 0.05) is 23.6 Å². The molecular formula is C30H33N3O3S. The molecule has 0 saturated carbocycles. The monoisotopic (exact) mass is 515 g/mol. The molecule has 0 aliphatic heterocycles. The Hall–Kier alpha value is -3.84. The Labute approximate surface area is 223 Å². The van der Waals surface area contributed by atoms with E-state index in [2.05, 4.69) is 59.4 Å². The van der Waals surface area contributed by atoms with Crippen molar-refractivity contribution >= 4 is 28.2 Å². The molecule has 0 aliphatic rings. The first-order valence-electron chi connectivity index (χ1n) is 12.3. The van der Waals surface area contributed by atoms with E-state index in [1.807, 2.05) is 36.4 Å². The Balaban J connectivity index is 1.62. The largest absolute Gasteiger partial charge is 0.493 e. The lowest BCUT2D eigenvalue weighted by Crippen LogP contribution is -2.42. The summed E-state index contributed by atoms with van der Waals surface area (Å²) in [4.78, 5) is 18.2. The molecule has 0 spiro atoms. The van der Waals surface area contributed by atoms with Gasteiger partial charge in [-0.3, -0.25) is 4.79 Å². The van der Waals surface area contributed by atoms with Gasteiger partial charge in [0.1, 0.15) is 0 Å². The van der Waals surface area contributed by atoms with Gasteiger partial charge in [0.25, 0.3) is 5.56 Å². The number of benzene rings is 3. The van der Waals surface area contributed by atoms with Crippen molar-refractivity contribution in [1.82, 2.24) is 15.2 Å². The van der Waals surface area contributed by atoms with Crippen LogP contribution in [0.2, 0.25) is 0 Å². The lowest BCUT2D eigenvalue weighted by atomic mass is 10.1. The van der Waals surface area contributed by atoms with Gasteiger partial charge in [0.15, 0.2) is 16.6 Å². The number of methoxy groups -OCH3 is 2. The molecule has 0 radical (unpaired) electrons. The second kappa shape index (κ2) is 11.9. The molecule has 0 aliphatic carbocycles. The van der Waals surface area contributed by atoms with Crippen LogP contribution in [0.4, 0.5) is 0 Å². The first kappa shape index (κ1) is 26.2. The van der Waals surface area contributed by atoms with Crippen LogP contribution in [0.5, 0.6) is 11.5 Å². The fourth-order valence-electron chi connectivity index (χ4n) is 4.40. The highest BCUT2D eigenvalue weighted by Gasteiger charge is 2.17. The molecule has 2 N–H and O–H groups in total. The molecule has 37 heavy (non-hydrogen) atoms. The van der Waals surface area contributed by atoms with Crippen LogP contribution in [-0.4, -0.2) is 35.8 Å². The van der Waals surface area contributed by atoms with Gasteiger partial charge in [-0.25, -0.2) is 0 Å². The molecule has 1 atom stereocenters. The maximum absolute atomic E-state index is 13.1. The van der Waals surface area contributed by atoms with Crippen LogP contribution in [0.3, 0.4) is 0 Å². The molecular weight excluding hydrogens is 482 g/mol. The number of hydrogen-bond acceptors (Lipinski definition) is 4. The second-order valence-corrected chi connectivity index (χ2v) is 9.48. The van der Waals surface area contributed by atoms with Crippen molar-refractivity contribution in [2.45, 2.75) is 32.9 Å². The molecule has 0 fully saturated rings. The number of ether oxygens (including phenoxy) is 2. The summed E-state index contributed by atoms with van der Waals surface area (Å²) in [5.41, 5.74) is 4.81. The Morgan fingerprint density at radius 2 is 1.65 bits per heavy atom. The quantitative estimate of drug-likeness (QED) is 0.286. The summed E-state index contributed by atoms with van der Waals surface area (Å²) in [6.45, 7) is 5.24. The highest BCUT2D eigenvalue weighted by Crippen LogP contribution is 2.31. The Bertz CT molecular complexity index is 1440. The van der Waals surface area contributed by atoms with Gasteiger partial charge in [0.2, 0.25) is 0 Å². The number of nitrogens with zero attached hydrogens (tertiary/aromatic N) is 1. The summed E-state index contributed by atoms with van der Waals surface area (Å²) in [5.74, 6) is 1.18. The maximum atomic E-state index is 13.1. The number of nitrogens with one attached hydrogen (secondary N) is 2. The molecule has 3 aromatic carbocycles. The molecule has 4 aromatic rings. The van der Waals surface area contributed by atoms with Crippen molar-refractivity contribution in [3.8, 4) is 11.5 Å². The number of aromatic nitrogens is 1. The average molecular weight is 516 g/mol. The summed E-state index contributed by atoms with van der Waals surface area (Å²) in [6, 6.07) is 24.1. The number of rotatable bonds is 9.